The number of rotatable bonds is 7. The lowest BCUT2D eigenvalue weighted by molar-refractivity contribution is -0.142. The summed E-state index contributed by atoms with van der Waals surface area (Å²) in [5.41, 5.74) is -0.459. The van der Waals surface area contributed by atoms with E-state index in [9.17, 15) is 18.0 Å². The van der Waals surface area contributed by atoms with Gasteiger partial charge in [-0.2, -0.15) is 18.3 Å². The average molecular weight is 313 g/mol. The molecule has 0 unspecified atom stereocenters. The van der Waals surface area contributed by atoms with Crippen molar-refractivity contribution in [1.29, 1.82) is 0 Å². The number of amides is 1. The Balaban J connectivity index is 2.20. The summed E-state index contributed by atoms with van der Waals surface area (Å²) in [6, 6.07) is 1.05. The van der Waals surface area contributed by atoms with E-state index in [0.29, 0.717) is 18.8 Å². The monoisotopic (exact) mass is 313 g/mol. The molecule has 22 heavy (non-hydrogen) atoms. The first-order valence-corrected chi connectivity index (χ1v) is 7.01. The standard InChI is InChI=1S/C15H18F3N3O/c1-3-7-20(8-4-2)14(22)10-21-12(11-5-6-11)9-13(19-21)15(16,17)18/h3-4,9,11H,1-2,5-8,10H2. The molecule has 0 N–H and O–H groups in total. The zero-order valence-corrected chi connectivity index (χ0v) is 12.1. The summed E-state index contributed by atoms with van der Waals surface area (Å²) >= 11 is 0. The Kier molecular flexibility index (Phi) is 4.73. The fourth-order valence-corrected chi connectivity index (χ4v) is 2.22. The first kappa shape index (κ1) is 16.3. The van der Waals surface area contributed by atoms with Gasteiger partial charge in [-0.1, -0.05) is 12.2 Å². The largest absolute Gasteiger partial charge is 0.435 e. The molecule has 0 aromatic carbocycles. The average Bonchev–Trinajstić information content (AvgIpc) is 3.18. The Morgan fingerprint density at radius 2 is 1.95 bits per heavy atom. The number of halogens is 3. The summed E-state index contributed by atoms with van der Waals surface area (Å²) in [5.74, 6) is -0.234. The van der Waals surface area contributed by atoms with Crippen molar-refractivity contribution in [3.8, 4) is 0 Å². The molecule has 0 bridgehead atoms. The van der Waals surface area contributed by atoms with E-state index in [2.05, 4.69) is 18.3 Å². The van der Waals surface area contributed by atoms with Crippen LogP contribution >= 0.6 is 0 Å². The van der Waals surface area contributed by atoms with Gasteiger partial charge in [0.1, 0.15) is 6.54 Å². The highest BCUT2D eigenvalue weighted by Gasteiger charge is 2.38. The molecule has 0 saturated heterocycles. The molecule has 1 amide bonds. The summed E-state index contributed by atoms with van der Waals surface area (Å²) in [6.07, 6.45) is 0.293. The Hall–Kier alpha value is -2.05. The van der Waals surface area contributed by atoms with Gasteiger partial charge >= 0.3 is 6.18 Å². The molecule has 1 aliphatic carbocycles. The van der Waals surface area contributed by atoms with Gasteiger partial charge in [-0.25, -0.2) is 0 Å². The molecule has 0 spiro atoms. The van der Waals surface area contributed by atoms with E-state index in [4.69, 9.17) is 0 Å². The minimum absolute atomic E-state index is 0.0728. The molecule has 1 aromatic heterocycles. The zero-order chi connectivity index (χ0) is 16.3. The van der Waals surface area contributed by atoms with Crippen molar-refractivity contribution in [2.45, 2.75) is 31.5 Å². The first-order valence-electron chi connectivity index (χ1n) is 7.01. The molecule has 0 aliphatic heterocycles. The van der Waals surface area contributed by atoms with Gasteiger partial charge in [0.25, 0.3) is 0 Å². The van der Waals surface area contributed by atoms with E-state index in [1.807, 2.05) is 0 Å². The summed E-state index contributed by atoms with van der Waals surface area (Å²) in [7, 11) is 0. The van der Waals surface area contributed by atoms with Crippen molar-refractivity contribution in [2.75, 3.05) is 13.1 Å². The molecular formula is C15H18F3N3O. The summed E-state index contributed by atoms with van der Waals surface area (Å²) in [5, 5.41) is 3.58. The van der Waals surface area contributed by atoms with E-state index < -0.39 is 11.9 Å². The molecule has 1 fully saturated rings. The number of hydrogen-bond acceptors (Lipinski definition) is 2. The second-order valence-electron chi connectivity index (χ2n) is 5.26. The van der Waals surface area contributed by atoms with Crippen LogP contribution in [0.3, 0.4) is 0 Å². The maximum Gasteiger partial charge on any atom is 0.435 e. The minimum atomic E-state index is -4.50. The van der Waals surface area contributed by atoms with Crippen molar-refractivity contribution in [3.05, 3.63) is 42.8 Å². The normalized spacial score (nSPS) is 14.7. The number of nitrogens with zero attached hydrogens (tertiary/aromatic N) is 3. The highest BCUT2D eigenvalue weighted by atomic mass is 19.4. The first-order chi connectivity index (χ1) is 10.4. The summed E-state index contributed by atoms with van der Waals surface area (Å²) in [4.78, 5) is 13.7. The maximum atomic E-state index is 12.8. The SMILES string of the molecule is C=CCN(CC=C)C(=O)Cn1nc(C(F)(F)F)cc1C1CC1. The summed E-state index contributed by atoms with van der Waals surface area (Å²) < 4.78 is 39.6. The van der Waals surface area contributed by atoms with Gasteiger partial charge in [0.05, 0.1) is 0 Å². The quantitative estimate of drug-likeness (QED) is 0.726. The van der Waals surface area contributed by atoms with Crippen LogP contribution in [-0.4, -0.2) is 33.7 Å². The minimum Gasteiger partial charge on any atom is -0.334 e. The third-order valence-electron chi connectivity index (χ3n) is 3.43. The van der Waals surface area contributed by atoms with Gasteiger partial charge in [0.2, 0.25) is 5.91 Å². The van der Waals surface area contributed by atoms with Crippen LogP contribution in [0.15, 0.2) is 31.4 Å². The smallest absolute Gasteiger partial charge is 0.334 e. The van der Waals surface area contributed by atoms with Gasteiger partial charge in [-0.15, -0.1) is 13.2 Å². The lowest BCUT2D eigenvalue weighted by atomic mass is 10.2. The molecule has 4 nitrogen and oxygen atoms in total. The van der Waals surface area contributed by atoms with E-state index in [1.165, 1.54) is 9.58 Å². The molecule has 120 valence electrons. The van der Waals surface area contributed by atoms with Crippen LogP contribution in [0.5, 0.6) is 0 Å². The second kappa shape index (κ2) is 6.37. The number of alkyl halides is 3. The van der Waals surface area contributed by atoms with Crippen LogP contribution in [-0.2, 0) is 17.5 Å². The van der Waals surface area contributed by atoms with Gasteiger partial charge in [-0.05, 0) is 18.9 Å². The summed E-state index contributed by atoms with van der Waals surface area (Å²) in [6.45, 7) is 7.56. The molecule has 0 radical (unpaired) electrons. The van der Waals surface area contributed by atoms with Crippen LogP contribution in [0.2, 0.25) is 0 Å². The van der Waals surface area contributed by atoms with Crippen LogP contribution in [0.25, 0.3) is 0 Å². The predicted octanol–water partition coefficient (Wildman–Crippen LogP) is 2.98. The van der Waals surface area contributed by atoms with Crippen LogP contribution < -0.4 is 0 Å². The van der Waals surface area contributed by atoms with Gasteiger partial charge in [0, 0.05) is 24.7 Å². The van der Waals surface area contributed by atoms with Gasteiger partial charge in [0.15, 0.2) is 5.69 Å². The number of carbonyl (C=O) groups is 1. The van der Waals surface area contributed by atoms with Crippen molar-refractivity contribution in [2.24, 2.45) is 0 Å². The second-order valence-corrected chi connectivity index (χ2v) is 5.26. The van der Waals surface area contributed by atoms with E-state index in [0.717, 1.165) is 18.9 Å². The molecule has 7 heteroatoms. The fraction of sp³-hybridized carbons (Fsp3) is 0.467. The van der Waals surface area contributed by atoms with Gasteiger partial charge in [-0.3, -0.25) is 9.48 Å². The molecule has 1 saturated carbocycles. The molecular weight excluding hydrogens is 295 g/mol. The Bertz CT molecular complexity index is 563. The van der Waals surface area contributed by atoms with Crippen molar-refractivity contribution in [3.63, 3.8) is 0 Å². The van der Waals surface area contributed by atoms with E-state index >= 15 is 0 Å². The van der Waals surface area contributed by atoms with Crippen LogP contribution in [0.1, 0.15) is 30.1 Å². The Morgan fingerprint density at radius 3 is 2.41 bits per heavy atom. The lowest BCUT2D eigenvalue weighted by Crippen LogP contribution is -2.34. The lowest BCUT2D eigenvalue weighted by Gasteiger charge is -2.19. The number of hydrogen-bond donors (Lipinski definition) is 0. The number of carbonyl (C=O) groups excluding carboxylic acids is 1. The highest BCUT2D eigenvalue weighted by molar-refractivity contribution is 5.76. The molecule has 0 atom stereocenters. The third-order valence-corrected chi connectivity index (χ3v) is 3.43. The zero-order valence-electron chi connectivity index (χ0n) is 12.1. The molecule has 2 rings (SSSR count). The molecule has 1 aliphatic rings. The van der Waals surface area contributed by atoms with Crippen molar-refractivity contribution < 1.29 is 18.0 Å². The van der Waals surface area contributed by atoms with Crippen LogP contribution in [0, 0.1) is 0 Å². The van der Waals surface area contributed by atoms with Crippen LogP contribution in [0.4, 0.5) is 13.2 Å². The van der Waals surface area contributed by atoms with E-state index in [-0.39, 0.29) is 18.4 Å². The highest BCUT2D eigenvalue weighted by Crippen LogP contribution is 2.42. The van der Waals surface area contributed by atoms with Crippen molar-refractivity contribution >= 4 is 5.91 Å². The maximum absolute atomic E-state index is 12.8. The van der Waals surface area contributed by atoms with Gasteiger partial charge < -0.3 is 4.90 Å². The molecule has 1 heterocycles. The predicted molar refractivity (Wildman–Crippen MR) is 76.2 cm³/mol. The van der Waals surface area contributed by atoms with E-state index in [1.54, 1.807) is 12.2 Å². The topological polar surface area (TPSA) is 38.1 Å². The third kappa shape index (κ3) is 3.78. The Labute approximate surface area is 126 Å². The molecule has 1 aromatic rings. The fourth-order valence-electron chi connectivity index (χ4n) is 2.22. The Morgan fingerprint density at radius 1 is 1.36 bits per heavy atom. The van der Waals surface area contributed by atoms with Crippen molar-refractivity contribution in [1.82, 2.24) is 14.7 Å². The number of aromatic nitrogens is 2.